The lowest BCUT2D eigenvalue weighted by Gasteiger charge is -2.11. The highest BCUT2D eigenvalue weighted by Crippen LogP contribution is 2.28. The first-order chi connectivity index (χ1) is 17.0. The van der Waals surface area contributed by atoms with E-state index < -0.39 is 11.8 Å². The van der Waals surface area contributed by atoms with Gasteiger partial charge in [0.2, 0.25) is 0 Å². The number of amides is 2. The number of carbonyl (C=O) groups excluding carboxylic acids is 2. The van der Waals surface area contributed by atoms with Crippen molar-refractivity contribution in [2.24, 2.45) is 5.10 Å². The fraction of sp³-hybridized carbons (Fsp3) is 0.0741. The standard InChI is InChI=1S/C27H22ClN3O4/c1-34-25-15-19(11-14-24(25)35-17-18-9-12-21(28)13-10-18)16-29-31-27(33)26(32)30-23-8-4-6-20-5-2-3-7-22(20)23/h2-16H,17H2,1H3,(H,30,32)(H,31,33)/b29-16-. The van der Waals surface area contributed by atoms with Gasteiger partial charge in [0.1, 0.15) is 6.61 Å². The number of nitrogens with one attached hydrogen (secondary N) is 2. The molecule has 8 heteroatoms. The first-order valence-corrected chi connectivity index (χ1v) is 11.1. The van der Waals surface area contributed by atoms with Crippen LogP contribution in [-0.4, -0.2) is 25.1 Å². The number of benzene rings is 4. The van der Waals surface area contributed by atoms with Crippen molar-refractivity contribution in [2.75, 3.05) is 12.4 Å². The Hall–Kier alpha value is -4.36. The van der Waals surface area contributed by atoms with E-state index in [4.69, 9.17) is 21.1 Å². The molecule has 176 valence electrons. The Morgan fingerprint density at radius 3 is 2.49 bits per heavy atom. The van der Waals surface area contributed by atoms with Crippen LogP contribution in [0.3, 0.4) is 0 Å². The van der Waals surface area contributed by atoms with Crippen LogP contribution in [0.2, 0.25) is 5.02 Å². The number of anilines is 1. The minimum absolute atomic E-state index is 0.350. The van der Waals surface area contributed by atoms with Crippen LogP contribution in [0.1, 0.15) is 11.1 Å². The molecule has 0 bridgehead atoms. The highest BCUT2D eigenvalue weighted by molar-refractivity contribution is 6.40. The van der Waals surface area contributed by atoms with Gasteiger partial charge in [-0.15, -0.1) is 0 Å². The number of fused-ring (bicyclic) bond motifs is 1. The van der Waals surface area contributed by atoms with Crippen LogP contribution in [0, 0.1) is 0 Å². The van der Waals surface area contributed by atoms with Crippen LogP contribution < -0.4 is 20.2 Å². The number of hydrogen-bond donors (Lipinski definition) is 2. The molecule has 2 amide bonds. The van der Waals surface area contributed by atoms with Crippen molar-refractivity contribution in [2.45, 2.75) is 6.61 Å². The fourth-order valence-electron chi connectivity index (χ4n) is 3.36. The molecule has 0 fully saturated rings. The summed E-state index contributed by atoms with van der Waals surface area (Å²) in [4.78, 5) is 24.5. The highest BCUT2D eigenvalue weighted by Gasteiger charge is 2.14. The summed E-state index contributed by atoms with van der Waals surface area (Å²) in [6, 6.07) is 25.6. The number of hydrazone groups is 1. The lowest BCUT2D eigenvalue weighted by atomic mass is 10.1. The van der Waals surface area contributed by atoms with Crippen molar-refractivity contribution < 1.29 is 19.1 Å². The van der Waals surface area contributed by atoms with Crippen LogP contribution in [0.15, 0.2) is 90.0 Å². The van der Waals surface area contributed by atoms with E-state index in [1.54, 1.807) is 36.4 Å². The predicted molar refractivity (Wildman–Crippen MR) is 137 cm³/mol. The fourth-order valence-corrected chi connectivity index (χ4v) is 3.48. The molecule has 4 aromatic carbocycles. The van der Waals surface area contributed by atoms with Gasteiger partial charge in [0.05, 0.1) is 13.3 Å². The summed E-state index contributed by atoms with van der Waals surface area (Å²) in [6.07, 6.45) is 1.41. The number of methoxy groups -OCH3 is 1. The molecular formula is C27H22ClN3O4. The van der Waals surface area contributed by atoms with Gasteiger partial charge in [-0.2, -0.15) is 5.10 Å². The van der Waals surface area contributed by atoms with E-state index in [0.29, 0.717) is 34.4 Å². The topological polar surface area (TPSA) is 89.0 Å². The number of hydrogen-bond acceptors (Lipinski definition) is 5. The Kier molecular flexibility index (Phi) is 7.60. The predicted octanol–water partition coefficient (Wildman–Crippen LogP) is 5.17. The summed E-state index contributed by atoms with van der Waals surface area (Å²) in [5.41, 5.74) is 4.40. The molecule has 0 saturated heterocycles. The Morgan fingerprint density at radius 2 is 1.69 bits per heavy atom. The van der Waals surface area contributed by atoms with Crippen molar-refractivity contribution in [3.8, 4) is 11.5 Å². The second-order valence-corrected chi connectivity index (χ2v) is 7.94. The van der Waals surface area contributed by atoms with Crippen LogP contribution in [0.5, 0.6) is 11.5 Å². The summed E-state index contributed by atoms with van der Waals surface area (Å²) in [5, 5.41) is 8.96. The first-order valence-electron chi connectivity index (χ1n) is 10.7. The molecule has 0 aromatic heterocycles. The van der Waals surface area contributed by atoms with E-state index in [-0.39, 0.29) is 0 Å². The SMILES string of the molecule is COc1cc(/C=N\NC(=O)C(=O)Nc2cccc3ccccc23)ccc1OCc1ccc(Cl)cc1. The molecule has 7 nitrogen and oxygen atoms in total. The molecule has 0 radical (unpaired) electrons. The molecule has 0 aliphatic carbocycles. The lowest BCUT2D eigenvalue weighted by Crippen LogP contribution is -2.32. The van der Waals surface area contributed by atoms with Gasteiger partial charge in [-0.1, -0.05) is 60.1 Å². The number of ether oxygens (including phenoxy) is 2. The molecule has 0 atom stereocenters. The van der Waals surface area contributed by atoms with Gasteiger partial charge in [0, 0.05) is 16.1 Å². The van der Waals surface area contributed by atoms with Gasteiger partial charge >= 0.3 is 11.8 Å². The molecule has 2 N–H and O–H groups in total. The summed E-state index contributed by atoms with van der Waals surface area (Å²) in [6.45, 7) is 0.350. The van der Waals surface area contributed by atoms with E-state index in [1.165, 1.54) is 13.3 Å². The van der Waals surface area contributed by atoms with E-state index in [9.17, 15) is 9.59 Å². The number of halogens is 1. The summed E-state index contributed by atoms with van der Waals surface area (Å²) < 4.78 is 11.2. The monoisotopic (exact) mass is 487 g/mol. The minimum atomic E-state index is -0.885. The Bertz CT molecular complexity index is 1380. The largest absolute Gasteiger partial charge is 0.493 e. The van der Waals surface area contributed by atoms with Crippen LogP contribution in [0.25, 0.3) is 10.8 Å². The maximum atomic E-state index is 12.3. The second-order valence-electron chi connectivity index (χ2n) is 7.51. The zero-order valence-corrected chi connectivity index (χ0v) is 19.6. The van der Waals surface area contributed by atoms with Crippen molar-refractivity contribution in [1.29, 1.82) is 0 Å². The van der Waals surface area contributed by atoms with Crippen molar-refractivity contribution in [3.63, 3.8) is 0 Å². The van der Waals surface area contributed by atoms with Crippen molar-refractivity contribution in [1.82, 2.24) is 5.43 Å². The van der Waals surface area contributed by atoms with Crippen LogP contribution >= 0.6 is 11.6 Å². The minimum Gasteiger partial charge on any atom is -0.493 e. The number of nitrogens with zero attached hydrogens (tertiary/aromatic N) is 1. The van der Waals surface area contributed by atoms with E-state index in [1.807, 2.05) is 48.5 Å². The average Bonchev–Trinajstić information content (AvgIpc) is 2.88. The van der Waals surface area contributed by atoms with E-state index in [2.05, 4.69) is 15.8 Å². The van der Waals surface area contributed by atoms with Crippen molar-refractivity contribution >= 4 is 46.1 Å². The number of carbonyl (C=O) groups is 2. The molecule has 0 heterocycles. The van der Waals surface area contributed by atoms with Gasteiger partial charge in [-0.3, -0.25) is 9.59 Å². The maximum Gasteiger partial charge on any atom is 0.329 e. The van der Waals surface area contributed by atoms with Crippen LogP contribution in [0.4, 0.5) is 5.69 Å². The first kappa shape index (κ1) is 23.8. The molecular weight excluding hydrogens is 466 g/mol. The Labute approximate surface area is 207 Å². The summed E-state index contributed by atoms with van der Waals surface area (Å²) in [5.74, 6) is -0.646. The Morgan fingerprint density at radius 1 is 0.914 bits per heavy atom. The third kappa shape index (κ3) is 6.16. The van der Waals surface area contributed by atoms with Gasteiger partial charge < -0.3 is 14.8 Å². The average molecular weight is 488 g/mol. The zero-order chi connectivity index (χ0) is 24.6. The van der Waals surface area contributed by atoms with Gasteiger partial charge in [-0.25, -0.2) is 5.43 Å². The molecule has 4 rings (SSSR count). The summed E-state index contributed by atoms with van der Waals surface area (Å²) in [7, 11) is 1.53. The molecule has 4 aromatic rings. The van der Waals surface area contributed by atoms with Crippen LogP contribution in [-0.2, 0) is 16.2 Å². The molecule has 35 heavy (non-hydrogen) atoms. The molecule has 0 saturated carbocycles. The highest BCUT2D eigenvalue weighted by atomic mass is 35.5. The second kappa shape index (κ2) is 11.2. The lowest BCUT2D eigenvalue weighted by molar-refractivity contribution is -0.136. The van der Waals surface area contributed by atoms with E-state index >= 15 is 0 Å². The quantitative estimate of drug-likeness (QED) is 0.214. The zero-order valence-electron chi connectivity index (χ0n) is 18.8. The van der Waals surface area contributed by atoms with Gasteiger partial charge in [-0.05, 0) is 52.9 Å². The molecule has 0 aliphatic heterocycles. The molecule has 0 aliphatic rings. The maximum absolute atomic E-state index is 12.3. The van der Waals surface area contributed by atoms with Crippen molar-refractivity contribution in [3.05, 3.63) is 101 Å². The Balaban J connectivity index is 1.35. The summed E-state index contributed by atoms with van der Waals surface area (Å²) >= 11 is 5.91. The third-order valence-corrected chi connectivity index (χ3v) is 5.37. The normalized spacial score (nSPS) is 10.8. The van der Waals surface area contributed by atoms with Gasteiger partial charge in [0.25, 0.3) is 0 Å². The smallest absolute Gasteiger partial charge is 0.329 e. The van der Waals surface area contributed by atoms with Gasteiger partial charge in [0.15, 0.2) is 11.5 Å². The third-order valence-electron chi connectivity index (χ3n) is 5.12. The molecule has 0 spiro atoms. The van der Waals surface area contributed by atoms with E-state index in [0.717, 1.165) is 16.3 Å². The number of rotatable bonds is 7. The molecule has 0 unspecified atom stereocenters.